The molecule has 2 heterocycles. The molecule has 1 aromatic rings. The minimum atomic E-state index is -0.227. The summed E-state index contributed by atoms with van der Waals surface area (Å²) in [6.45, 7) is 1.36. The Morgan fingerprint density at radius 3 is 2.82 bits per heavy atom. The zero-order chi connectivity index (χ0) is 12.3. The van der Waals surface area contributed by atoms with Crippen LogP contribution in [0.25, 0.3) is 0 Å². The molecule has 0 spiro atoms. The fourth-order valence-electron chi connectivity index (χ4n) is 1.99. The third kappa shape index (κ3) is 2.71. The van der Waals surface area contributed by atoms with Crippen LogP contribution in [0.3, 0.4) is 0 Å². The maximum atomic E-state index is 11.0. The molecule has 6 heteroatoms. The molecular formula is C11H16N4O2. The van der Waals surface area contributed by atoms with Crippen LogP contribution in [0.1, 0.15) is 18.5 Å². The lowest BCUT2D eigenvalue weighted by Crippen LogP contribution is -2.39. The number of hydrogen-bond donors (Lipinski definition) is 2. The molecule has 17 heavy (non-hydrogen) atoms. The number of rotatable bonds is 3. The molecule has 0 saturated carbocycles. The first-order valence-corrected chi connectivity index (χ1v) is 5.67. The van der Waals surface area contributed by atoms with Gasteiger partial charge in [0, 0.05) is 25.2 Å². The second kappa shape index (κ2) is 5.09. The van der Waals surface area contributed by atoms with Gasteiger partial charge in [0.25, 0.3) is 0 Å². The van der Waals surface area contributed by atoms with E-state index in [0.717, 1.165) is 25.9 Å². The Bertz CT molecular complexity index is 402. The number of nitrogens with two attached hydrogens (primary N) is 1. The van der Waals surface area contributed by atoms with Crippen molar-refractivity contribution in [1.82, 2.24) is 9.97 Å². The molecule has 1 amide bonds. The van der Waals surface area contributed by atoms with Gasteiger partial charge in [-0.25, -0.2) is 9.97 Å². The van der Waals surface area contributed by atoms with E-state index in [-0.39, 0.29) is 18.4 Å². The molecule has 1 aliphatic heterocycles. The van der Waals surface area contributed by atoms with Gasteiger partial charge in [0.2, 0.25) is 11.9 Å². The average molecular weight is 236 g/mol. The van der Waals surface area contributed by atoms with E-state index in [1.807, 2.05) is 4.90 Å². The van der Waals surface area contributed by atoms with Gasteiger partial charge in [-0.2, -0.15) is 0 Å². The second-order valence-electron chi connectivity index (χ2n) is 4.17. The standard InChI is InChI=1S/C11H16N4O2/c12-10(17)8-2-5-15(6-3-8)11-13-4-1-9(7-16)14-11/h1,4,8,16H,2-3,5-7H2,(H2,12,17). The lowest BCUT2D eigenvalue weighted by Gasteiger charge is -2.30. The molecule has 0 unspecified atom stereocenters. The summed E-state index contributed by atoms with van der Waals surface area (Å²) in [6.07, 6.45) is 3.11. The molecule has 92 valence electrons. The second-order valence-corrected chi connectivity index (χ2v) is 4.17. The third-order valence-electron chi connectivity index (χ3n) is 3.04. The molecular weight excluding hydrogens is 220 g/mol. The lowest BCUT2D eigenvalue weighted by atomic mass is 9.96. The molecule has 1 aliphatic rings. The zero-order valence-corrected chi connectivity index (χ0v) is 9.54. The van der Waals surface area contributed by atoms with Crippen molar-refractivity contribution in [2.75, 3.05) is 18.0 Å². The third-order valence-corrected chi connectivity index (χ3v) is 3.04. The summed E-state index contributed by atoms with van der Waals surface area (Å²) in [4.78, 5) is 21.5. The molecule has 3 N–H and O–H groups in total. The first-order chi connectivity index (χ1) is 8.20. The van der Waals surface area contributed by atoms with Crippen LogP contribution >= 0.6 is 0 Å². The predicted octanol–water partition coefficient (Wildman–Crippen LogP) is -0.329. The monoisotopic (exact) mass is 236 g/mol. The molecule has 2 rings (SSSR count). The van der Waals surface area contributed by atoms with Gasteiger partial charge in [-0.15, -0.1) is 0 Å². The number of piperidine rings is 1. The SMILES string of the molecule is NC(=O)C1CCN(c2nccc(CO)n2)CC1. The number of aliphatic hydroxyl groups is 1. The molecule has 6 nitrogen and oxygen atoms in total. The summed E-state index contributed by atoms with van der Waals surface area (Å²) in [6, 6.07) is 1.68. The molecule has 1 saturated heterocycles. The molecule has 0 radical (unpaired) electrons. The Balaban J connectivity index is 2.02. The predicted molar refractivity (Wildman–Crippen MR) is 62.1 cm³/mol. The van der Waals surface area contributed by atoms with Crippen molar-refractivity contribution in [3.63, 3.8) is 0 Å². The zero-order valence-electron chi connectivity index (χ0n) is 9.54. The van der Waals surface area contributed by atoms with Gasteiger partial charge < -0.3 is 15.7 Å². The van der Waals surface area contributed by atoms with Crippen molar-refractivity contribution >= 4 is 11.9 Å². The van der Waals surface area contributed by atoms with E-state index in [9.17, 15) is 4.79 Å². The summed E-state index contributed by atoms with van der Waals surface area (Å²) >= 11 is 0. The van der Waals surface area contributed by atoms with Gasteiger partial charge in [0.1, 0.15) is 0 Å². The Labute approximate surface area is 99.5 Å². The van der Waals surface area contributed by atoms with E-state index >= 15 is 0 Å². The first-order valence-electron chi connectivity index (χ1n) is 5.67. The van der Waals surface area contributed by atoms with Crippen molar-refractivity contribution < 1.29 is 9.90 Å². The van der Waals surface area contributed by atoms with Crippen LogP contribution in [0.15, 0.2) is 12.3 Å². The number of carbonyl (C=O) groups is 1. The number of nitrogens with zero attached hydrogens (tertiary/aromatic N) is 3. The quantitative estimate of drug-likeness (QED) is 0.749. The van der Waals surface area contributed by atoms with E-state index in [1.165, 1.54) is 0 Å². The number of hydrogen-bond acceptors (Lipinski definition) is 5. The van der Waals surface area contributed by atoms with Crippen LogP contribution in [-0.4, -0.2) is 34.1 Å². The van der Waals surface area contributed by atoms with Crippen molar-refractivity contribution in [1.29, 1.82) is 0 Å². The average Bonchev–Trinajstić information content (AvgIpc) is 2.39. The highest BCUT2D eigenvalue weighted by Crippen LogP contribution is 2.20. The van der Waals surface area contributed by atoms with Crippen LogP contribution in [0.2, 0.25) is 0 Å². The topological polar surface area (TPSA) is 92.3 Å². The number of primary amides is 1. The summed E-state index contributed by atoms with van der Waals surface area (Å²) in [5.74, 6) is 0.349. The lowest BCUT2D eigenvalue weighted by molar-refractivity contribution is -0.122. The summed E-state index contributed by atoms with van der Waals surface area (Å²) < 4.78 is 0. The van der Waals surface area contributed by atoms with Gasteiger partial charge in [-0.3, -0.25) is 4.79 Å². The molecule has 0 aromatic carbocycles. The first kappa shape index (κ1) is 11.8. The van der Waals surface area contributed by atoms with Crippen LogP contribution in [0.4, 0.5) is 5.95 Å². The molecule has 0 atom stereocenters. The van der Waals surface area contributed by atoms with Crippen LogP contribution in [-0.2, 0) is 11.4 Å². The minimum absolute atomic E-state index is 0.0349. The molecule has 0 bridgehead atoms. The van der Waals surface area contributed by atoms with E-state index < -0.39 is 0 Å². The van der Waals surface area contributed by atoms with Gasteiger partial charge in [0.05, 0.1) is 12.3 Å². The smallest absolute Gasteiger partial charge is 0.225 e. The maximum Gasteiger partial charge on any atom is 0.225 e. The highest BCUT2D eigenvalue weighted by atomic mass is 16.3. The largest absolute Gasteiger partial charge is 0.390 e. The molecule has 1 aromatic heterocycles. The van der Waals surface area contributed by atoms with E-state index in [0.29, 0.717) is 11.6 Å². The number of carbonyl (C=O) groups excluding carboxylic acids is 1. The fraction of sp³-hybridized carbons (Fsp3) is 0.545. The fourth-order valence-corrected chi connectivity index (χ4v) is 1.99. The Hall–Kier alpha value is -1.69. The van der Waals surface area contributed by atoms with E-state index in [2.05, 4.69) is 9.97 Å². The molecule has 1 fully saturated rings. The number of anilines is 1. The minimum Gasteiger partial charge on any atom is -0.390 e. The summed E-state index contributed by atoms with van der Waals surface area (Å²) in [5, 5.41) is 9.01. The van der Waals surface area contributed by atoms with Crippen molar-refractivity contribution in [3.05, 3.63) is 18.0 Å². The van der Waals surface area contributed by atoms with Crippen molar-refractivity contribution in [3.8, 4) is 0 Å². The van der Waals surface area contributed by atoms with Crippen molar-refractivity contribution in [2.24, 2.45) is 11.7 Å². The van der Waals surface area contributed by atoms with Gasteiger partial charge in [0.15, 0.2) is 0 Å². The summed E-state index contributed by atoms with van der Waals surface area (Å²) in [7, 11) is 0. The number of aromatic nitrogens is 2. The van der Waals surface area contributed by atoms with Crippen LogP contribution in [0.5, 0.6) is 0 Å². The number of amides is 1. The van der Waals surface area contributed by atoms with Gasteiger partial charge >= 0.3 is 0 Å². The Morgan fingerprint density at radius 1 is 1.53 bits per heavy atom. The Kier molecular flexibility index (Phi) is 3.53. The van der Waals surface area contributed by atoms with Crippen molar-refractivity contribution in [2.45, 2.75) is 19.4 Å². The van der Waals surface area contributed by atoms with Crippen LogP contribution in [0, 0.1) is 5.92 Å². The number of aliphatic hydroxyl groups excluding tert-OH is 1. The highest BCUT2D eigenvalue weighted by Gasteiger charge is 2.24. The maximum absolute atomic E-state index is 11.0. The summed E-state index contributed by atoms with van der Waals surface area (Å²) in [5.41, 5.74) is 5.88. The van der Waals surface area contributed by atoms with Gasteiger partial charge in [-0.05, 0) is 18.9 Å². The van der Waals surface area contributed by atoms with E-state index in [4.69, 9.17) is 10.8 Å². The Morgan fingerprint density at radius 2 is 2.24 bits per heavy atom. The normalized spacial score (nSPS) is 17.1. The molecule has 0 aliphatic carbocycles. The van der Waals surface area contributed by atoms with E-state index in [1.54, 1.807) is 12.3 Å². The van der Waals surface area contributed by atoms with Crippen LogP contribution < -0.4 is 10.6 Å². The highest BCUT2D eigenvalue weighted by molar-refractivity contribution is 5.76. The van der Waals surface area contributed by atoms with Gasteiger partial charge in [-0.1, -0.05) is 0 Å².